The van der Waals surface area contributed by atoms with Crippen molar-refractivity contribution < 1.29 is 39.8 Å². The number of ether oxygens (including phenoxy) is 2. The summed E-state index contributed by atoms with van der Waals surface area (Å²) in [6.07, 6.45) is 78.7. The van der Waals surface area contributed by atoms with E-state index in [2.05, 4.69) is 79.9 Å². The molecule has 1 heterocycles. The molecule has 1 saturated heterocycles. The highest BCUT2D eigenvalue weighted by Crippen LogP contribution is 2.23. The number of aliphatic hydroxyl groups excluding tert-OH is 5. The van der Waals surface area contributed by atoms with Crippen molar-refractivity contribution in [3.05, 3.63) is 72.9 Å². The fraction of sp³-hybridized carbons (Fsp3) is 0.819. The number of carbonyl (C=O) groups is 1. The van der Waals surface area contributed by atoms with Crippen molar-refractivity contribution in [1.82, 2.24) is 5.32 Å². The SMILES string of the molecule is CC/C=C\C/C=C\C/C=C\C/C=C\CCCCCCCCCCCCCCC(=O)NC(COC1OC(CO)C(O)C(O)C1O)C(O)/C=C/CC/C=C/CCCCCCCCCCCCCCCCCCCCCCCCCCCCC. The average Bonchev–Trinajstić information content (AvgIpc) is 3.49. The Labute approximate surface area is 499 Å². The van der Waals surface area contributed by atoms with Crippen LogP contribution in [-0.2, 0) is 14.3 Å². The van der Waals surface area contributed by atoms with Gasteiger partial charge < -0.3 is 40.3 Å². The lowest BCUT2D eigenvalue weighted by atomic mass is 9.99. The van der Waals surface area contributed by atoms with Crippen LogP contribution in [0.3, 0.4) is 0 Å². The van der Waals surface area contributed by atoms with Crippen LogP contribution < -0.4 is 5.32 Å². The van der Waals surface area contributed by atoms with E-state index < -0.39 is 49.5 Å². The van der Waals surface area contributed by atoms with E-state index in [1.807, 2.05) is 6.08 Å². The molecule has 0 saturated carbocycles. The second kappa shape index (κ2) is 60.7. The lowest BCUT2D eigenvalue weighted by molar-refractivity contribution is -0.302. The molecule has 6 N–H and O–H groups in total. The Morgan fingerprint density at radius 3 is 1.19 bits per heavy atom. The quantitative estimate of drug-likeness (QED) is 0.0261. The standard InChI is InChI=1S/C72H131NO8/c1-3-5-7-9-11-13-15-17-19-21-23-25-27-29-30-31-32-33-34-35-36-38-39-41-43-45-47-49-51-53-55-57-59-61-66(75)65(64-80-72-71(79)70(78)69(77)67(63-74)81-72)73-68(76)62-60-58-56-54-52-50-48-46-44-42-40-37-28-26-24-22-20-18-16-14-12-10-8-6-4-2/h6,8,12,14,18,20,24,26,51,53,59,61,65-67,69-72,74-75,77-79H,3-5,7,9-11,13,15-17,19,21-23,25,27-50,52,54-58,60,62-64H2,1-2H3,(H,73,76)/b8-6-,14-12-,20-18-,26-24-,53-51+,61-59+. The van der Waals surface area contributed by atoms with Crippen molar-refractivity contribution >= 4 is 5.91 Å². The monoisotopic (exact) mass is 1140 g/mol. The Bertz CT molecular complexity index is 1510. The normalized spacial score (nSPS) is 18.8. The molecule has 1 amide bonds. The number of aliphatic hydroxyl groups is 5. The van der Waals surface area contributed by atoms with Crippen molar-refractivity contribution in [2.45, 2.75) is 365 Å². The average molecular weight is 1140 g/mol. The molecule has 1 aliphatic heterocycles. The van der Waals surface area contributed by atoms with E-state index in [9.17, 15) is 30.3 Å². The number of hydrogen-bond donors (Lipinski definition) is 6. The highest BCUT2D eigenvalue weighted by atomic mass is 16.7. The first kappa shape index (κ1) is 76.6. The summed E-state index contributed by atoms with van der Waals surface area (Å²) in [5.74, 6) is -0.188. The molecule has 0 aromatic rings. The topological polar surface area (TPSA) is 149 Å². The molecule has 0 spiro atoms. The molecule has 0 aliphatic carbocycles. The third kappa shape index (κ3) is 49.6. The van der Waals surface area contributed by atoms with E-state index in [0.717, 1.165) is 64.2 Å². The van der Waals surface area contributed by atoms with Crippen molar-refractivity contribution in [2.24, 2.45) is 0 Å². The van der Waals surface area contributed by atoms with Gasteiger partial charge in [-0.25, -0.2) is 0 Å². The zero-order valence-corrected chi connectivity index (χ0v) is 52.8. The molecule has 0 bridgehead atoms. The van der Waals surface area contributed by atoms with Gasteiger partial charge in [-0.05, 0) is 70.6 Å². The van der Waals surface area contributed by atoms with Crippen molar-refractivity contribution in [2.75, 3.05) is 13.2 Å². The molecule has 9 heteroatoms. The van der Waals surface area contributed by atoms with Gasteiger partial charge in [0.15, 0.2) is 6.29 Å². The number of hydrogen-bond acceptors (Lipinski definition) is 8. The van der Waals surface area contributed by atoms with Crippen LogP contribution in [0.4, 0.5) is 0 Å². The number of rotatable bonds is 60. The molecule has 7 atom stereocenters. The molecule has 81 heavy (non-hydrogen) atoms. The van der Waals surface area contributed by atoms with E-state index in [1.165, 1.54) is 238 Å². The summed E-state index contributed by atoms with van der Waals surface area (Å²) in [7, 11) is 0. The molecule has 0 aromatic carbocycles. The van der Waals surface area contributed by atoms with Gasteiger partial charge in [-0.15, -0.1) is 0 Å². The van der Waals surface area contributed by atoms with Crippen LogP contribution in [0.15, 0.2) is 72.9 Å². The summed E-state index contributed by atoms with van der Waals surface area (Å²) in [4.78, 5) is 13.1. The van der Waals surface area contributed by atoms with Gasteiger partial charge in [0.05, 0.1) is 25.4 Å². The first-order chi connectivity index (χ1) is 39.8. The molecule has 1 fully saturated rings. The number of amides is 1. The van der Waals surface area contributed by atoms with Crippen LogP contribution in [0.25, 0.3) is 0 Å². The van der Waals surface area contributed by atoms with Gasteiger partial charge in [0.25, 0.3) is 0 Å². The minimum atomic E-state index is -1.58. The largest absolute Gasteiger partial charge is 0.394 e. The molecule has 472 valence electrons. The van der Waals surface area contributed by atoms with Crippen LogP contribution in [0.1, 0.15) is 322 Å². The Kier molecular flexibility index (Phi) is 57.5. The minimum Gasteiger partial charge on any atom is -0.394 e. The van der Waals surface area contributed by atoms with Gasteiger partial charge in [-0.1, -0.05) is 318 Å². The first-order valence-corrected chi connectivity index (χ1v) is 34.7. The van der Waals surface area contributed by atoms with Gasteiger partial charge in [0.2, 0.25) is 5.91 Å². The van der Waals surface area contributed by atoms with Gasteiger partial charge in [0.1, 0.15) is 24.4 Å². The van der Waals surface area contributed by atoms with Crippen LogP contribution in [0.2, 0.25) is 0 Å². The Balaban J connectivity index is 2.15. The third-order valence-corrected chi connectivity index (χ3v) is 16.3. The summed E-state index contributed by atoms with van der Waals surface area (Å²) in [6.45, 7) is 3.69. The van der Waals surface area contributed by atoms with Crippen LogP contribution in [0, 0.1) is 0 Å². The van der Waals surface area contributed by atoms with E-state index in [-0.39, 0.29) is 12.5 Å². The summed E-state index contributed by atoms with van der Waals surface area (Å²) in [5.41, 5.74) is 0. The number of carbonyl (C=O) groups excluding carboxylic acids is 1. The Morgan fingerprint density at radius 2 is 0.778 bits per heavy atom. The summed E-state index contributed by atoms with van der Waals surface area (Å²) in [5, 5.41) is 54.7. The maximum absolute atomic E-state index is 13.1. The van der Waals surface area contributed by atoms with Crippen LogP contribution >= 0.6 is 0 Å². The lowest BCUT2D eigenvalue weighted by Crippen LogP contribution is -2.60. The molecule has 1 aliphatic rings. The molecule has 0 radical (unpaired) electrons. The first-order valence-electron chi connectivity index (χ1n) is 34.7. The fourth-order valence-electron chi connectivity index (χ4n) is 10.9. The predicted molar refractivity (Wildman–Crippen MR) is 345 cm³/mol. The molecular formula is C72H131NO8. The summed E-state index contributed by atoms with van der Waals surface area (Å²) < 4.78 is 11.3. The number of allylic oxidation sites excluding steroid dienone is 11. The van der Waals surface area contributed by atoms with Crippen LogP contribution in [-0.4, -0.2) is 87.5 Å². The number of nitrogens with one attached hydrogen (secondary N) is 1. The van der Waals surface area contributed by atoms with Crippen molar-refractivity contribution in [3.63, 3.8) is 0 Å². The van der Waals surface area contributed by atoms with E-state index in [4.69, 9.17) is 9.47 Å². The van der Waals surface area contributed by atoms with Gasteiger partial charge in [-0.3, -0.25) is 4.79 Å². The van der Waals surface area contributed by atoms with Gasteiger partial charge in [0, 0.05) is 6.42 Å². The second-order valence-electron chi connectivity index (χ2n) is 23.9. The molecule has 0 aromatic heterocycles. The Hall–Kier alpha value is -2.37. The molecular weight excluding hydrogens is 1010 g/mol. The Morgan fingerprint density at radius 1 is 0.432 bits per heavy atom. The van der Waals surface area contributed by atoms with E-state index in [1.54, 1.807) is 6.08 Å². The zero-order valence-electron chi connectivity index (χ0n) is 52.8. The van der Waals surface area contributed by atoms with Gasteiger partial charge in [-0.2, -0.15) is 0 Å². The third-order valence-electron chi connectivity index (χ3n) is 16.3. The highest BCUT2D eigenvalue weighted by molar-refractivity contribution is 5.76. The summed E-state index contributed by atoms with van der Waals surface area (Å²) >= 11 is 0. The highest BCUT2D eigenvalue weighted by Gasteiger charge is 2.44. The molecule has 1 rings (SSSR count). The summed E-state index contributed by atoms with van der Waals surface area (Å²) in [6, 6.07) is -0.828. The molecule has 7 unspecified atom stereocenters. The van der Waals surface area contributed by atoms with Crippen molar-refractivity contribution in [1.29, 1.82) is 0 Å². The van der Waals surface area contributed by atoms with Crippen LogP contribution in [0.5, 0.6) is 0 Å². The van der Waals surface area contributed by atoms with E-state index in [0.29, 0.717) is 6.42 Å². The lowest BCUT2D eigenvalue weighted by Gasteiger charge is -2.40. The second-order valence-corrected chi connectivity index (χ2v) is 23.9. The smallest absolute Gasteiger partial charge is 0.220 e. The zero-order chi connectivity index (χ0) is 58.6. The predicted octanol–water partition coefficient (Wildman–Crippen LogP) is 18.8. The fourth-order valence-corrected chi connectivity index (χ4v) is 10.9. The minimum absolute atomic E-state index is 0.188. The van der Waals surface area contributed by atoms with E-state index >= 15 is 0 Å². The molecule has 9 nitrogen and oxygen atoms in total. The number of unbranched alkanes of at least 4 members (excludes halogenated alkanes) is 40. The van der Waals surface area contributed by atoms with Gasteiger partial charge >= 0.3 is 0 Å². The maximum Gasteiger partial charge on any atom is 0.220 e. The van der Waals surface area contributed by atoms with Crippen molar-refractivity contribution in [3.8, 4) is 0 Å². The maximum atomic E-state index is 13.1.